The third-order valence-corrected chi connectivity index (χ3v) is 12.1. The molecule has 156 valence electrons. The second kappa shape index (κ2) is 9.04. The third kappa shape index (κ3) is 4.38. The van der Waals surface area contributed by atoms with Gasteiger partial charge in [0.15, 0.2) is 5.16 Å². The first kappa shape index (κ1) is 21.3. The molecule has 1 aromatic heterocycles. The van der Waals surface area contributed by atoms with E-state index in [1.165, 1.54) is 23.2 Å². The summed E-state index contributed by atoms with van der Waals surface area (Å²) in [5.41, 5.74) is 0. The molecule has 1 fully saturated rings. The SMILES string of the molecule is CC(C)(C)[Si](OC[C@H]1C[C@@H](Sc2ncccn2)C1)(c1ccccc1)c1ccccc1. The Kier molecular flexibility index (Phi) is 6.42. The topological polar surface area (TPSA) is 35.0 Å². The number of aromatic nitrogens is 2. The van der Waals surface area contributed by atoms with Gasteiger partial charge < -0.3 is 4.43 Å². The smallest absolute Gasteiger partial charge is 0.261 e. The van der Waals surface area contributed by atoms with Crippen LogP contribution >= 0.6 is 11.8 Å². The highest BCUT2D eigenvalue weighted by Gasteiger charge is 2.50. The van der Waals surface area contributed by atoms with Gasteiger partial charge in [-0.3, -0.25) is 0 Å². The molecule has 0 spiro atoms. The maximum Gasteiger partial charge on any atom is 0.261 e. The number of benzene rings is 2. The molecule has 5 heteroatoms. The highest BCUT2D eigenvalue weighted by atomic mass is 32.2. The molecule has 1 heterocycles. The van der Waals surface area contributed by atoms with Gasteiger partial charge in [0, 0.05) is 24.3 Å². The Labute approximate surface area is 185 Å². The quantitative estimate of drug-likeness (QED) is 0.390. The Hall–Kier alpha value is -1.95. The molecule has 2 aromatic carbocycles. The van der Waals surface area contributed by atoms with Crippen LogP contribution in [0.15, 0.2) is 84.3 Å². The van der Waals surface area contributed by atoms with Crippen molar-refractivity contribution < 1.29 is 4.43 Å². The highest BCUT2D eigenvalue weighted by molar-refractivity contribution is 7.99. The Bertz CT molecular complexity index is 886. The summed E-state index contributed by atoms with van der Waals surface area (Å²) in [6.45, 7) is 7.84. The summed E-state index contributed by atoms with van der Waals surface area (Å²) in [4.78, 5) is 8.70. The predicted molar refractivity (Wildman–Crippen MR) is 128 cm³/mol. The van der Waals surface area contributed by atoms with E-state index in [2.05, 4.69) is 91.4 Å². The molecule has 3 aromatic rings. The maximum absolute atomic E-state index is 7.07. The lowest BCUT2D eigenvalue weighted by atomic mass is 9.86. The summed E-state index contributed by atoms with van der Waals surface area (Å²) >= 11 is 1.80. The number of rotatable bonds is 7. The van der Waals surface area contributed by atoms with Crippen molar-refractivity contribution in [2.75, 3.05) is 6.61 Å². The van der Waals surface area contributed by atoms with Gasteiger partial charge in [0.05, 0.1) is 0 Å². The van der Waals surface area contributed by atoms with E-state index in [1.54, 1.807) is 11.8 Å². The average molecular weight is 435 g/mol. The van der Waals surface area contributed by atoms with E-state index in [0.717, 1.165) is 11.8 Å². The van der Waals surface area contributed by atoms with Crippen molar-refractivity contribution in [2.45, 2.75) is 49.1 Å². The van der Waals surface area contributed by atoms with Crippen LogP contribution in [0.5, 0.6) is 0 Å². The van der Waals surface area contributed by atoms with Gasteiger partial charge in [0.1, 0.15) is 0 Å². The van der Waals surface area contributed by atoms with Crippen molar-refractivity contribution in [1.29, 1.82) is 0 Å². The summed E-state index contributed by atoms with van der Waals surface area (Å²) in [6, 6.07) is 23.7. The lowest BCUT2D eigenvalue weighted by molar-refractivity contribution is 0.177. The van der Waals surface area contributed by atoms with E-state index < -0.39 is 8.32 Å². The zero-order chi connectivity index (χ0) is 21.0. The van der Waals surface area contributed by atoms with E-state index in [1.807, 2.05) is 18.5 Å². The summed E-state index contributed by atoms with van der Waals surface area (Å²) in [5, 5.41) is 4.22. The molecular weight excluding hydrogens is 404 g/mol. The van der Waals surface area contributed by atoms with Crippen LogP contribution in [0.2, 0.25) is 5.04 Å². The van der Waals surface area contributed by atoms with Crippen molar-refractivity contribution in [1.82, 2.24) is 9.97 Å². The first-order valence-electron chi connectivity index (χ1n) is 10.7. The number of thioether (sulfide) groups is 1. The molecule has 1 aliphatic carbocycles. The zero-order valence-corrected chi connectivity index (χ0v) is 19.8. The molecule has 0 N–H and O–H groups in total. The minimum Gasteiger partial charge on any atom is -0.407 e. The molecular formula is C25H30N2OSSi. The van der Waals surface area contributed by atoms with Crippen LogP contribution in [0.3, 0.4) is 0 Å². The van der Waals surface area contributed by atoms with Crippen LogP contribution in [0.1, 0.15) is 33.6 Å². The fourth-order valence-electron chi connectivity index (χ4n) is 4.41. The summed E-state index contributed by atoms with van der Waals surface area (Å²) in [7, 11) is -2.42. The van der Waals surface area contributed by atoms with Gasteiger partial charge in [0.2, 0.25) is 0 Å². The molecule has 1 aliphatic rings. The fraction of sp³-hybridized carbons (Fsp3) is 0.360. The van der Waals surface area contributed by atoms with Crippen molar-refractivity contribution in [3.63, 3.8) is 0 Å². The molecule has 3 nitrogen and oxygen atoms in total. The molecule has 30 heavy (non-hydrogen) atoms. The van der Waals surface area contributed by atoms with Crippen molar-refractivity contribution in [3.05, 3.63) is 79.1 Å². The van der Waals surface area contributed by atoms with E-state index in [4.69, 9.17) is 4.43 Å². The maximum atomic E-state index is 7.07. The van der Waals surface area contributed by atoms with E-state index in [0.29, 0.717) is 11.2 Å². The molecule has 0 atom stereocenters. The molecule has 0 unspecified atom stereocenters. The van der Waals surface area contributed by atoms with Gasteiger partial charge in [-0.2, -0.15) is 0 Å². The van der Waals surface area contributed by atoms with Gasteiger partial charge in [-0.05, 0) is 40.2 Å². The van der Waals surface area contributed by atoms with Crippen LogP contribution in [0.4, 0.5) is 0 Å². The van der Waals surface area contributed by atoms with Gasteiger partial charge in [-0.15, -0.1) is 0 Å². The van der Waals surface area contributed by atoms with Gasteiger partial charge >= 0.3 is 0 Å². The summed E-state index contributed by atoms with van der Waals surface area (Å²) in [5.74, 6) is 0.605. The number of hydrogen-bond donors (Lipinski definition) is 0. The Balaban J connectivity index is 1.52. The van der Waals surface area contributed by atoms with Crippen molar-refractivity contribution in [2.24, 2.45) is 5.92 Å². The minimum atomic E-state index is -2.42. The second-order valence-electron chi connectivity index (χ2n) is 9.08. The highest BCUT2D eigenvalue weighted by Crippen LogP contribution is 2.42. The molecule has 0 amide bonds. The fourth-order valence-corrected chi connectivity index (χ4v) is 10.3. The monoisotopic (exact) mass is 434 g/mol. The van der Waals surface area contributed by atoms with E-state index >= 15 is 0 Å². The first-order chi connectivity index (χ1) is 14.5. The van der Waals surface area contributed by atoms with E-state index in [-0.39, 0.29) is 5.04 Å². The minimum absolute atomic E-state index is 0.0332. The van der Waals surface area contributed by atoms with Gasteiger partial charge in [0.25, 0.3) is 8.32 Å². The summed E-state index contributed by atoms with van der Waals surface area (Å²) < 4.78 is 7.07. The first-order valence-corrected chi connectivity index (χ1v) is 13.5. The van der Waals surface area contributed by atoms with Crippen molar-refractivity contribution >= 4 is 30.5 Å². The number of hydrogen-bond acceptors (Lipinski definition) is 4. The summed E-state index contributed by atoms with van der Waals surface area (Å²) in [6.07, 6.45) is 5.97. The Morgan fingerprint density at radius 2 is 1.40 bits per heavy atom. The zero-order valence-electron chi connectivity index (χ0n) is 18.0. The van der Waals surface area contributed by atoms with Gasteiger partial charge in [-0.25, -0.2) is 9.97 Å². The lowest BCUT2D eigenvalue weighted by Crippen LogP contribution is -2.67. The predicted octanol–water partition coefficient (Wildman–Crippen LogP) is 4.92. The third-order valence-electron chi connectivity index (χ3n) is 5.96. The van der Waals surface area contributed by atoms with Crippen LogP contribution in [0.25, 0.3) is 0 Å². The lowest BCUT2D eigenvalue weighted by Gasteiger charge is -2.45. The Morgan fingerprint density at radius 1 is 0.867 bits per heavy atom. The molecule has 4 rings (SSSR count). The largest absolute Gasteiger partial charge is 0.407 e. The molecule has 0 saturated heterocycles. The second-order valence-corrected chi connectivity index (χ2v) is 14.7. The molecule has 0 radical (unpaired) electrons. The molecule has 1 saturated carbocycles. The van der Waals surface area contributed by atoms with Crippen LogP contribution in [-0.2, 0) is 4.43 Å². The van der Waals surface area contributed by atoms with Crippen LogP contribution in [0, 0.1) is 5.92 Å². The van der Waals surface area contributed by atoms with Crippen LogP contribution in [-0.4, -0.2) is 30.1 Å². The average Bonchev–Trinajstić information content (AvgIpc) is 2.73. The normalized spacial score (nSPS) is 19.3. The van der Waals surface area contributed by atoms with Gasteiger partial charge in [-0.1, -0.05) is 93.2 Å². The van der Waals surface area contributed by atoms with Crippen molar-refractivity contribution in [3.8, 4) is 0 Å². The molecule has 0 bridgehead atoms. The van der Waals surface area contributed by atoms with Crippen LogP contribution < -0.4 is 10.4 Å². The number of nitrogens with zero attached hydrogens (tertiary/aromatic N) is 2. The molecule has 0 aliphatic heterocycles. The Morgan fingerprint density at radius 3 is 1.90 bits per heavy atom. The standard InChI is InChI=1S/C25H30N2OSSi/c1-25(2,3)30(22-11-6-4-7-12-22,23-13-8-5-9-14-23)28-19-20-17-21(18-20)29-24-26-15-10-16-27-24/h4-16,20-21H,17-19H2,1-3H3/t20-,21+. The van der Waals surface area contributed by atoms with E-state index in [9.17, 15) is 0 Å².